The van der Waals surface area contributed by atoms with Gasteiger partial charge >= 0.3 is 0 Å². The minimum Gasteiger partial charge on any atom is -0.0622 e. The molecule has 15 heavy (non-hydrogen) atoms. The predicted molar refractivity (Wildman–Crippen MR) is 64.8 cm³/mol. The van der Waals surface area contributed by atoms with Crippen LogP contribution in [0.2, 0.25) is 0 Å². The second kappa shape index (κ2) is 4.79. The number of benzene rings is 2. The Morgan fingerprint density at radius 1 is 0.667 bits per heavy atom. The minimum atomic E-state index is 1.08. The molecule has 0 aliphatic heterocycles. The summed E-state index contributed by atoms with van der Waals surface area (Å²) in [6.07, 6.45) is 2.21. The third-order valence-corrected chi connectivity index (χ3v) is 2.57. The van der Waals surface area contributed by atoms with E-state index < -0.39 is 0 Å². The van der Waals surface area contributed by atoms with Gasteiger partial charge in [0.25, 0.3) is 0 Å². The Balaban J connectivity index is 1.96. The highest BCUT2D eigenvalue weighted by molar-refractivity contribution is 5.25. The van der Waals surface area contributed by atoms with Crippen molar-refractivity contribution in [2.45, 2.75) is 12.8 Å². The van der Waals surface area contributed by atoms with Crippen molar-refractivity contribution in [2.75, 3.05) is 0 Å². The van der Waals surface area contributed by atoms with E-state index in [9.17, 15) is 0 Å². The summed E-state index contributed by atoms with van der Waals surface area (Å²) >= 11 is 0. The molecule has 0 N–H and O–H groups in total. The molecule has 2 aromatic rings. The maximum absolute atomic E-state index is 3.88. The van der Waals surface area contributed by atoms with Gasteiger partial charge in [0.2, 0.25) is 0 Å². The molecule has 0 aliphatic rings. The monoisotopic (exact) mass is 195 g/mol. The van der Waals surface area contributed by atoms with Gasteiger partial charge in [-0.05, 0) is 36.5 Å². The second-order valence-corrected chi connectivity index (χ2v) is 3.80. The van der Waals surface area contributed by atoms with Crippen LogP contribution in [0.4, 0.5) is 0 Å². The largest absolute Gasteiger partial charge is 0.0622 e. The average Bonchev–Trinajstić information content (AvgIpc) is 2.30. The standard InChI is InChI=1S/C15H15/c1-13-7-9-15(10-8-13)12-11-14-5-3-2-4-6-14/h2-10H,1,11-12H2. The Kier molecular flexibility index (Phi) is 3.18. The summed E-state index contributed by atoms with van der Waals surface area (Å²) in [5, 5.41) is 0. The first kappa shape index (κ1) is 9.97. The van der Waals surface area contributed by atoms with Gasteiger partial charge in [-0.1, -0.05) is 54.6 Å². The Hall–Kier alpha value is -1.56. The van der Waals surface area contributed by atoms with Gasteiger partial charge in [-0.15, -0.1) is 0 Å². The topological polar surface area (TPSA) is 0 Å². The molecule has 0 heteroatoms. The van der Waals surface area contributed by atoms with Gasteiger partial charge in [0, 0.05) is 0 Å². The van der Waals surface area contributed by atoms with Crippen molar-refractivity contribution in [3.63, 3.8) is 0 Å². The summed E-state index contributed by atoms with van der Waals surface area (Å²) in [6, 6.07) is 19.0. The highest BCUT2D eigenvalue weighted by atomic mass is 14.0. The fraction of sp³-hybridized carbons (Fsp3) is 0.133. The first-order valence-corrected chi connectivity index (χ1v) is 5.29. The second-order valence-electron chi connectivity index (χ2n) is 3.80. The van der Waals surface area contributed by atoms with E-state index >= 15 is 0 Å². The number of rotatable bonds is 3. The lowest BCUT2D eigenvalue weighted by Crippen LogP contribution is -1.90. The van der Waals surface area contributed by atoms with Gasteiger partial charge in [-0.3, -0.25) is 0 Å². The molecule has 0 heterocycles. The van der Waals surface area contributed by atoms with E-state index in [0.29, 0.717) is 0 Å². The minimum absolute atomic E-state index is 1.08. The van der Waals surface area contributed by atoms with E-state index in [1.165, 1.54) is 11.1 Å². The zero-order valence-electron chi connectivity index (χ0n) is 8.82. The average molecular weight is 195 g/mol. The summed E-state index contributed by atoms with van der Waals surface area (Å²) in [7, 11) is 0. The van der Waals surface area contributed by atoms with Crippen LogP contribution in [0.15, 0.2) is 54.6 Å². The molecule has 0 amide bonds. The molecule has 2 rings (SSSR count). The van der Waals surface area contributed by atoms with Gasteiger partial charge in [0.1, 0.15) is 0 Å². The molecular formula is C15H15. The van der Waals surface area contributed by atoms with Crippen molar-refractivity contribution < 1.29 is 0 Å². The van der Waals surface area contributed by atoms with Crippen LogP contribution in [0.25, 0.3) is 0 Å². The molecule has 75 valence electrons. The zero-order chi connectivity index (χ0) is 10.5. The summed E-state index contributed by atoms with van der Waals surface area (Å²) in [5.41, 5.74) is 3.86. The van der Waals surface area contributed by atoms with Crippen LogP contribution in [0.5, 0.6) is 0 Å². The first-order chi connectivity index (χ1) is 7.34. The van der Waals surface area contributed by atoms with Crippen LogP contribution >= 0.6 is 0 Å². The molecule has 0 atom stereocenters. The lowest BCUT2D eigenvalue weighted by atomic mass is 10.0. The molecule has 0 aliphatic carbocycles. The lowest BCUT2D eigenvalue weighted by Gasteiger charge is -2.02. The van der Waals surface area contributed by atoms with Crippen LogP contribution in [0.1, 0.15) is 16.7 Å². The normalized spacial score (nSPS) is 10.2. The molecule has 0 spiro atoms. The molecule has 0 saturated heterocycles. The molecule has 0 aromatic heterocycles. The highest BCUT2D eigenvalue weighted by Crippen LogP contribution is 2.08. The lowest BCUT2D eigenvalue weighted by molar-refractivity contribution is 0.960. The van der Waals surface area contributed by atoms with E-state index in [1.54, 1.807) is 0 Å². The van der Waals surface area contributed by atoms with Gasteiger partial charge in [0.15, 0.2) is 0 Å². The molecule has 2 aromatic carbocycles. The van der Waals surface area contributed by atoms with E-state index in [4.69, 9.17) is 0 Å². The summed E-state index contributed by atoms with van der Waals surface area (Å²) < 4.78 is 0. The molecule has 0 fully saturated rings. The highest BCUT2D eigenvalue weighted by Gasteiger charge is 1.94. The van der Waals surface area contributed by atoms with Gasteiger partial charge in [-0.2, -0.15) is 0 Å². The molecule has 0 nitrogen and oxygen atoms in total. The quantitative estimate of drug-likeness (QED) is 0.701. The summed E-state index contributed by atoms with van der Waals surface area (Å²) in [6.45, 7) is 3.88. The van der Waals surface area contributed by atoms with Gasteiger partial charge < -0.3 is 0 Å². The maximum atomic E-state index is 3.88. The van der Waals surface area contributed by atoms with E-state index in [-0.39, 0.29) is 0 Å². The van der Waals surface area contributed by atoms with E-state index in [2.05, 4.69) is 61.5 Å². The Morgan fingerprint density at radius 2 is 1.20 bits per heavy atom. The maximum Gasteiger partial charge on any atom is -0.0238 e. The Bertz CT molecular complexity index is 398. The van der Waals surface area contributed by atoms with Crippen molar-refractivity contribution >= 4 is 0 Å². The molecule has 0 bridgehead atoms. The SMILES string of the molecule is [CH2]c1ccc(CCc2ccccc2)cc1. The van der Waals surface area contributed by atoms with Gasteiger partial charge in [0.05, 0.1) is 0 Å². The Labute approximate surface area is 91.6 Å². The summed E-state index contributed by atoms with van der Waals surface area (Å²) in [4.78, 5) is 0. The molecule has 1 radical (unpaired) electrons. The Morgan fingerprint density at radius 3 is 1.80 bits per heavy atom. The van der Waals surface area contributed by atoms with Gasteiger partial charge in [-0.25, -0.2) is 0 Å². The van der Waals surface area contributed by atoms with Crippen LogP contribution in [-0.2, 0) is 12.8 Å². The number of hydrogen-bond acceptors (Lipinski definition) is 0. The van der Waals surface area contributed by atoms with Crippen molar-refractivity contribution in [3.05, 3.63) is 78.2 Å². The molecule has 0 unspecified atom stereocenters. The van der Waals surface area contributed by atoms with Crippen LogP contribution < -0.4 is 0 Å². The van der Waals surface area contributed by atoms with Crippen molar-refractivity contribution in [3.8, 4) is 0 Å². The zero-order valence-corrected chi connectivity index (χ0v) is 8.82. The fourth-order valence-electron chi connectivity index (χ4n) is 1.64. The van der Waals surface area contributed by atoms with Crippen LogP contribution in [0.3, 0.4) is 0 Å². The number of aryl methyl sites for hydroxylation is 2. The summed E-state index contributed by atoms with van der Waals surface area (Å²) in [5.74, 6) is 0. The fourth-order valence-corrected chi connectivity index (χ4v) is 1.64. The molecular weight excluding hydrogens is 180 g/mol. The van der Waals surface area contributed by atoms with E-state index in [1.807, 2.05) is 0 Å². The van der Waals surface area contributed by atoms with Crippen molar-refractivity contribution in [1.29, 1.82) is 0 Å². The predicted octanol–water partition coefficient (Wildman–Crippen LogP) is 3.65. The van der Waals surface area contributed by atoms with Crippen molar-refractivity contribution in [1.82, 2.24) is 0 Å². The third-order valence-electron chi connectivity index (χ3n) is 2.57. The van der Waals surface area contributed by atoms with Crippen molar-refractivity contribution in [2.24, 2.45) is 0 Å². The smallest absolute Gasteiger partial charge is 0.0238 e. The molecule has 0 saturated carbocycles. The third kappa shape index (κ3) is 2.95. The van der Waals surface area contributed by atoms with Crippen LogP contribution in [-0.4, -0.2) is 0 Å². The first-order valence-electron chi connectivity index (χ1n) is 5.29. The number of hydrogen-bond donors (Lipinski definition) is 0. The van der Waals surface area contributed by atoms with Crippen LogP contribution in [0, 0.1) is 6.92 Å². The van der Waals surface area contributed by atoms with E-state index in [0.717, 1.165) is 18.4 Å².